The van der Waals surface area contributed by atoms with Crippen LogP contribution in [-0.4, -0.2) is 11.0 Å². The van der Waals surface area contributed by atoms with Crippen LogP contribution in [0.4, 0.5) is 4.39 Å². The van der Waals surface area contributed by atoms with Crippen molar-refractivity contribution in [2.24, 2.45) is 5.11 Å². The van der Waals surface area contributed by atoms with E-state index < -0.39 is 11.7 Å². The Morgan fingerprint density at radius 3 is 2.71 bits per heavy atom. The normalized spacial score (nSPS) is 9.59. The second-order valence-corrected chi connectivity index (χ2v) is 4.92. The zero-order chi connectivity index (χ0) is 13.0. The number of carbonyl (C=O) groups excluding carboxylic acids is 2. The molecular weight excluding hydrogens is 313 g/mol. The van der Waals surface area contributed by atoms with E-state index in [2.05, 4.69) is 26.0 Å². The molecule has 1 amide bonds. The predicted octanol–water partition coefficient (Wildman–Crippen LogP) is 3.68. The fourth-order valence-corrected chi connectivity index (χ4v) is 2.22. The van der Waals surface area contributed by atoms with Crippen LogP contribution in [-0.2, 0) is 4.79 Å². The van der Waals surface area contributed by atoms with Crippen LogP contribution in [0.1, 0.15) is 17.3 Å². The third-order valence-corrected chi connectivity index (χ3v) is 3.40. The van der Waals surface area contributed by atoms with Gasteiger partial charge in [-0.1, -0.05) is 11.8 Å². The van der Waals surface area contributed by atoms with Gasteiger partial charge < -0.3 is 0 Å². The van der Waals surface area contributed by atoms with Gasteiger partial charge in [-0.2, -0.15) is 0 Å². The number of halogens is 2. The summed E-state index contributed by atoms with van der Waals surface area (Å²) in [6, 6.07) is 2.22. The number of rotatable bonds is 2. The van der Waals surface area contributed by atoms with E-state index in [1.807, 2.05) is 0 Å². The molecule has 0 heterocycles. The highest BCUT2D eigenvalue weighted by molar-refractivity contribution is 9.10. The van der Waals surface area contributed by atoms with Gasteiger partial charge in [0.05, 0.1) is 5.56 Å². The molecule has 0 aromatic heterocycles. The Morgan fingerprint density at radius 1 is 1.53 bits per heavy atom. The summed E-state index contributed by atoms with van der Waals surface area (Å²) in [5.41, 5.74) is 7.74. The summed E-state index contributed by atoms with van der Waals surface area (Å²) in [5.74, 6) is -1.84. The maximum absolute atomic E-state index is 13.4. The molecule has 0 unspecified atom stereocenters. The lowest BCUT2D eigenvalue weighted by Gasteiger charge is -2.05. The van der Waals surface area contributed by atoms with Crippen molar-refractivity contribution in [1.82, 2.24) is 0 Å². The molecule has 0 fully saturated rings. The molecule has 0 saturated carbocycles. The smallest absolute Gasteiger partial charge is 0.252 e. The van der Waals surface area contributed by atoms with Crippen LogP contribution in [0.2, 0.25) is 0 Å². The highest BCUT2D eigenvalue weighted by Crippen LogP contribution is 2.30. The lowest BCUT2D eigenvalue weighted by Crippen LogP contribution is -1.99. The van der Waals surface area contributed by atoms with Crippen molar-refractivity contribution in [1.29, 1.82) is 0 Å². The van der Waals surface area contributed by atoms with Gasteiger partial charge in [0, 0.05) is 21.2 Å². The zero-order valence-electron chi connectivity index (χ0n) is 8.48. The average Bonchev–Trinajstić information content (AvgIpc) is 2.21. The Balaban J connectivity index is 3.27. The number of hydrogen-bond acceptors (Lipinski definition) is 3. The second-order valence-electron chi connectivity index (χ2n) is 2.85. The number of nitrogens with zero attached hydrogens (tertiary/aromatic N) is 3. The zero-order valence-corrected chi connectivity index (χ0v) is 10.9. The predicted molar refractivity (Wildman–Crippen MR) is 64.1 cm³/mol. The first-order valence-electron chi connectivity index (χ1n) is 4.22. The van der Waals surface area contributed by atoms with Crippen LogP contribution in [0, 0.1) is 5.82 Å². The number of amides is 1. The lowest BCUT2D eigenvalue weighted by molar-refractivity contribution is -0.109. The van der Waals surface area contributed by atoms with Crippen LogP contribution in [0.5, 0.6) is 0 Å². The van der Waals surface area contributed by atoms with Gasteiger partial charge in [-0.15, -0.1) is 0 Å². The summed E-state index contributed by atoms with van der Waals surface area (Å²) in [6.45, 7) is 1.34. The minimum atomic E-state index is -1.03. The molecule has 0 aliphatic rings. The highest BCUT2D eigenvalue weighted by atomic mass is 79.9. The van der Waals surface area contributed by atoms with Gasteiger partial charge >= 0.3 is 0 Å². The van der Waals surface area contributed by atoms with Crippen molar-refractivity contribution in [2.45, 2.75) is 11.8 Å². The fraction of sp³-hybridized carbons (Fsp3) is 0.111. The van der Waals surface area contributed by atoms with Crippen LogP contribution < -0.4 is 0 Å². The van der Waals surface area contributed by atoms with Crippen LogP contribution in [0.25, 0.3) is 10.4 Å². The number of benzene rings is 1. The molecular formula is C9H5BrFN3O2S. The monoisotopic (exact) mass is 317 g/mol. The van der Waals surface area contributed by atoms with E-state index in [9.17, 15) is 14.0 Å². The van der Waals surface area contributed by atoms with E-state index in [4.69, 9.17) is 5.53 Å². The first kappa shape index (κ1) is 13.7. The van der Waals surface area contributed by atoms with Gasteiger partial charge in [0.2, 0.25) is 0 Å². The molecule has 0 aliphatic carbocycles. The Hall–Kier alpha value is -1.37. The van der Waals surface area contributed by atoms with Crippen LogP contribution in [0.15, 0.2) is 26.6 Å². The molecule has 0 atom stereocenters. The van der Waals surface area contributed by atoms with E-state index in [0.717, 1.165) is 17.8 Å². The maximum Gasteiger partial charge on any atom is 0.252 e. The SMILES string of the molecule is CC(=O)Sc1cc(C(=O)N=[N+]=[N-])c(F)cc1Br. The molecule has 17 heavy (non-hydrogen) atoms. The Kier molecular flexibility index (Phi) is 4.68. The van der Waals surface area contributed by atoms with E-state index in [1.54, 1.807) is 0 Å². The van der Waals surface area contributed by atoms with Crippen molar-refractivity contribution in [2.75, 3.05) is 0 Å². The van der Waals surface area contributed by atoms with Gasteiger partial charge in [-0.25, -0.2) is 4.39 Å². The van der Waals surface area contributed by atoms with Crippen LogP contribution >= 0.6 is 27.7 Å². The minimum Gasteiger partial charge on any atom is -0.287 e. The van der Waals surface area contributed by atoms with E-state index in [1.165, 1.54) is 13.0 Å². The van der Waals surface area contributed by atoms with Gasteiger partial charge in [0.25, 0.3) is 5.91 Å². The molecule has 0 spiro atoms. The quantitative estimate of drug-likeness (QED) is 0.361. The number of thioether (sulfide) groups is 1. The van der Waals surface area contributed by atoms with Gasteiger partial charge in [-0.05, 0) is 38.7 Å². The van der Waals surface area contributed by atoms with Gasteiger partial charge in [0.1, 0.15) is 5.82 Å². The summed E-state index contributed by atoms with van der Waals surface area (Å²) >= 11 is 3.91. The summed E-state index contributed by atoms with van der Waals surface area (Å²) < 4.78 is 13.8. The summed E-state index contributed by atoms with van der Waals surface area (Å²) in [6.07, 6.45) is 0. The maximum atomic E-state index is 13.4. The fourth-order valence-electron chi connectivity index (χ4n) is 1.02. The van der Waals surface area contributed by atoms with E-state index >= 15 is 0 Å². The molecule has 1 aromatic carbocycles. The van der Waals surface area contributed by atoms with E-state index in [-0.39, 0.29) is 10.7 Å². The van der Waals surface area contributed by atoms with Crippen molar-refractivity contribution in [3.63, 3.8) is 0 Å². The second kappa shape index (κ2) is 5.81. The lowest BCUT2D eigenvalue weighted by atomic mass is 10.2. The van der Waals surface area contributed by atoms with Crippen molar-refractivity contribution >= 4 is 38.7 Å². The standard InChI is InChI=1S/C9H5BrFN3O2S/c1-4(15)17-8-2-5(9(16)13-14-12)7(11)3-6(8)10/h2-3H,1H3. The van der Waals surface area contributed by atoms with Crippen molar-refractivity contribution in [3.8, 4) is 0 Å². The number of azide groups is 1. The molecule has 1 rings (SSSR count). The molecule has 0 bridgehead atoms. The molecule has 0 saturated heterocycles. The molecule has 0 aliphatic heterocycles. The molecule has 5 nitrogen and oxygen atoms in total. The van der Waals surface area contributed by atoms with Crippen molar-refractivity contribution in [3.05, 3.63) is 38.4 Å². The molecule has 0 N–H and O–H groups in total. The summed E-state index contributed by atoms with van der Waals surface area (Å²) in [5, 5.41) is 2.59. The molecule has 1 aromatic rings. The Bertz CT molecular complexity index is 543. The van der Waals surface area contributed by atoms with Gasteiger partial charge in [-0.3, -0.25) is 9.59 Å². The van der Waals surface area contributed by atoms with E-state index in [0.29, 0.717) is 9.37 Å². The summed E-state index contributed by atoms with van der Waals surface area (Å²) in [4.78, 5) is 24.9. The Labute approximate surface area is 108 Å². The number of carbonyl (C=O) groups is 2. The third kappa shape index (κ3) is 3.55. The number of hydrogen-bond donors (Lipinski definition) is 0. The minimum absolute atomic E-state index is 0.209. The first-order valence-corrected chi connectivity index (χ1v) is 5.83. The first-order chi connectivity index (χ1) is 7.95. The topological polar surface area (TPSA) is 82.9 Å². The average molecular weight is 318 g/mol. The molecule has 0 radical (unpaired) electrons. The summed E-state index contributed by atoms with van der Waals surface area (Å²) in [7, 11) is 0. The largest absolute Gasteiger partial charge is 0.287 e. The Morgan fingerprint density at radius 2 is 2.18 bits per heavy atom. The van der Waals surface area contributed by atoms with Gasteiger partial charge in [0.15, 0.2) is 5.12 Å². The van der Waals surface area contributed by atoms with Crippen molar-refractivity contribution < 1.29 is 14.0 Å². The third-order valence-electron chi connectivity index (χ3n) is 1.64. The molecule has 8 heteroatoms. The molecule has 88 valence electrons. The highest BCUT2D eigenvalue weighted by Gasteiger charge is 2.15. The van der Waals surface area contributed by atoms with Crippen LogP contribution in [0.3, 0.4) is 0 Å².